The zero-order valence-corrected chi connectivity index (χ0v) is 10.3. The minimum absolute atomic E-state index is 0.869. The number of piperidine rings is 1. The van der Waals surface area contributed by atoms with Gasteiger partial charge in [0.1, 0.15) is 0 Å². The van der Waals surface area contributed by atoms with Crippen molar-refractivity contribution in [3.05, 3.63) is 0 Å². The number of likely N-dealkylation sites (tertiary alicyclic amines) is 1. The summed E-state index contributed by atoms with van der Waals surface area (Å²) >= 11 is 0. The Kier molecular flexibility index (Phi) is 4.69. The number of hydrogen-bond acceptors (Lipinski definition) is 2. The molecule has 1 heterocycles. The predicted octanol–water partition coefficient (Wildman–Crippen LogP) is 1.86. The van der Waals surface area contributed by atoms with Gasteiger partial charge in [-0.05, 0) is 64.2 Å². The molecule has 1 saturated heterocycles. The van der Waals surface area contributed by atoms with Crippen molar-refractivity contribution < 1.29 is 0 Å². The fourth-order valence-electron chi connectivity index (χ4n) is 2.44. The SMILES string of the molecule is C#CCCCN1CCC(CNC2CC2)CC1. The first-order valence-electron chi connectivity index (χ1n) is 6.77. The Morgan fingerprint density at radius 1 is 1.19 bits per heavy atom. The highest BCUT2D eigenvalue weighted by atomic mass is 15.1. The molecule has 0 amide bonds. The Hall–Kier alpha value is -0.520. The van der Waals surface area contributed by atoms with Crippen molar-refractivity contribution >= 4 is 0 Å². The van der Waals surface area contributed by atoms with Crippen LogP contribution in [0.3, 0.4) is 0 Å². The molecule has 0 atom stereocenters. The van der Waals surface area contributed by atoms with Gasteiger partial charge in [-0.25, -0.2) is 0 Å². The Bertz CT molecular complexity index is 232. The van der Waals surface area contributed by atoms with Crippen LogP contribution in [-0.4, -0.2) is 37.1 Å². The molecule has 0 bridgehead atoms. The molecule has 0 unspecified atom stereocenters. The molecule has 0 radical (unpaired) electrons. The van der Waals surface area contributed by atoms with E-state index in [1.54, 1.807) is 0 Å². The number of nitrogens with one attached hydrogen (secondary N) is 1. The third kappa shape index (κ3) is 4.15. The average Bonchev–Trinajstić information content (AvgIpc) is 3.12. The predicted molar refractivity (Wildman–Crippen MR) is 68.3 cm³/mol. The third-order valence-corrected chi connectivity index (χ3v) is 3.78. The van der Waals surface area contributed by atoms with Crippen molar-refractivity contribution in [2.45, 2.75) is 44.6 Å². The summed E-state index contributed by atoms with van der Waals surface area (Å²) in [4.78, 5) is 2.57. The Balaban J connectivity index is 1.53. The summed E-state index contributed by atoms with van der Waals surface area (Å²) in [6.45, 7) is 5.01. The lowest BCUT2D eigenvalue weighted by Gasteiger charge is -2.32. The normalized spacial score (nSPS) is 23.2. The van der Waals surface area contributed by atoms with E-state index in [0.717, 1.165) is 18.4 Å². The number of nitrogens with zero attached hydrogens (tertiary/aromatic N) is 1. The molecule has 1 saturated carbocycles. The van der Waals surface area contributed by atoms with Gasteiger partial charge in [-0.15, -0.1) is 12.3 Å². The summed E-state index contributed by atoms with van der Waals surface area (Å²) in [7, 11) is 0. The van der Waals surface area contributed by atoms with Crippen molar-refractivity contribution in [1.29, 1.82) is 0 Å². The quantitative estimate of drug-likeness (QED) is 0.543. The first-order chi connectivity index (χ1) is 7.88. The van der Waals surface area contributed by atoms with Crippen LogP contribution in [0.5, 0.6) is 0 Å². The lowest BCUT2D eigenvalue weighted by atomic mass is 9.96. The molecule has 0 aromatic rings. The van der Waals surface area contributed by atoms with Crippen LogP contribution >= 0.6 is 0 Å². The van der Waals surface area contributed by atoms with Gasteiger partial charge in [-0.3, -0.25) is 0 Å². The van der Waals surface area contributed by atoms with Crippen LogP contribution in [0.2, 0.25) is 0 Å². The van der Waals surface area contributed by atoms with Crippen molar-refractivity contribution in [2.24, 2.45) is 5.92 Å². The number of hydrogen-bond donors (Lipinski definition) is 1. The van der Waals surface area contributed by atoms with Gasteiger partial charge >= 0.3 is 0 Å². The van der Waals surface area contributed by atoms with Crippen LogP contribution in [0.4, 0.5) is 0 Å². The maximum Gasteiger partial charge on any atom is 0.00982 e. The summed E-state index contributed by atoms with van der Waals surface area (Å²) in [5.74, 6) is 3.64. The lowest BCUT2D eigenvalue weighted by Crippen LogP contribution is -2.38. The maximum atomic E-state index is 5.26. The van der Waals surface area contributed by atoms with Crippen LogP contribution in [-0.2, 0) is 0 Å². The molecule has 16 heavy (non-hydrogen) atoms. The van der Waals surface area contributed by atoms with Gasteiger partial charge in [0.15, 0.2) is 0 Å². The topological polar surface area (TPSA) is 15.3 Å². The van der Waals surface area contributed by atoms with Crippen LogP contribution in [0.15, 0.2) is 0 Å². The molecule has 2 aliphatic rings. The smallest absolute Gasteiger partial charge is 0.00982 e. The molecule has 1 N–H and O–H groups in total. The molecule has 2 rings (SSSR count). The lowest BCUT2D eigenvalue weighted by molar-refractivity contribution is 0.181. The molecule has 0 aromatic heterocycles. The highest BCUT2D eigenvalue weighted by Crippen LogP contribution is 2.21. The molecule has 0 spiro atoms. The van der Waals surface area contributed by atoms with Crippen molar-refractivity contribution in [3.63, 3.8) is 0 Å². The molecule has 2 fully saturated rings. The molecule has 2 heteroatoms. The Labute approximate surface area is 99.8 Å². The Morgan fingerprint density at radius 2 is 1.94 bits per heavy atom. The molecule has 1 aliphatic carbocycles. The van der Waals surface area contributed by atoms with Crippen LogP contribution in [0.1, 0.15) is 38.5 Å². The van der Waals surface area contributed by atoms with E-state index in [0.29, 0.717) is 0 Å². The minimum atomic E-state index is 0.869. The molecule has 90 valence electrons. The first-order valence-corrected chi connectivity index (χ1v) is 6.77. The van der Waals surface area contributed by atoms with Crippen molar-refractivity contribution in [2.75, 3.05) is 26.2 Å². The van der Waals surface area contributed by atoms with E-state index in [2.05, 4.69) is 16.1 Å². The van der Waals surface area contributed by atoms with Crippen molar-refractivity contribution in [1.82, 2.24) is 10.2 Å². The second-order valence-corrected chi connectivity index (χ2v) is 5.28. The zero-order valence-electron chi connectivity index (χ0n) is 10.3. The van der Waals surface area contributed by atoms with E-state index < -0.39 is 0 Å². The summed E-state index contributed by atoms with van der Waals surface area (Å²) in [5, 5.41) is 3.65. The van der Waals surface area contributed by atoms with Crippen LogP contribution in [0, 0.1) is 18.3 Å². The second kappa shape index (κ2) is 6.27. The van der Waals surface area contributed by atoms with Gasteiger partial charge in [0, 0.05) is 12.5 Å². The fourth-order valence-corrected chi connectivity index (χ4v) is 2.44. The summed E-state index contributed by atoms with van der Waals surface area (Å²) < 4.78 is 0. The molecular formula is C14H24N2. The minimum Gasteiger partial charge on any atom is -0.314 e. The average molecular weight is 220 g/mol. The highest BCUT2D eigenvalue weighted by Gasteiger charge is 2.23. The van der Waals surface area contributed by atoms with Crippen LogP contribution in [0.25, 0.3) is 0 Å². The summed E-state index contributed by atoms with van der Waals surface area (Å²) in [6, 6.07) is 0.869. The third-order valence-electron chi connectivity index (χ3n) is 3.78. The van der Waals surface area contributed by atoms with E-state index in [9.17, 15) is 0 Å². The van der Waals surface area contributed by atoms with E-state index >= 15 is 0 Å². The second-order valence-electron chi connectivity index (χ2n) is 5.28. The van der Waals surface area contributed by atoms with E-state index in [4.69, 9.17) is 6.42 Å². The van der Waals surface area contributed by atoms with Gasteiger partial charge in [0.25, 0.3) is 0 Å². The van der Waals surface area contributed by atoms with Gasteiger partial charge in [-0.1, -0.05) is 0 Å². The maximum absolute atomic E-state index is 5.26. The fraction of sp³-hybridized carbons (Fsp3) is 0.857. The standard InChI is InChI=1S/C14H24N2/c1-2-3-4-9-16-10-7-13(8-11-16)12-15-14-5-6-14/h1,13-15H,3-12H2. The van der Waals surface area contributed by atoms with E-state index in [1.165, 1.54) is 58.3 Å². The summed E-state index contributed by atoms with van der Waals surface area (Å²) in [5.41, 5.74) is 0. The number of rotatable bonds is 6. The monoisotopic (exact) mass is 220 g/mol. The molecule has 0 aromatic carbocycles. The zero-order chi connectivity index (χ0) is 11.2. The number of unbranched alkanes of at least 4 members (excludes halogenated alkanes) is 1. The molecule has 1 aliphatic heterocycles. The van der Waals surface area contributed by atoms with Crippen LogP contribution < -0.4 is 5.32 Å². The summed E-state index contributed by atoms with van der Waals surface area (Å²) in [6.07, 6.45) is 12.9. The largest absolute Gasteiger partial charge is 0.314 e. The van der Waals surface area contributed by atoms with Gasteiger partial charge < -0.3 is 10.2 Å². The van der Waals surface area contributed by atoms with E-state index in [-0.39, 0.29) is 0 Å². The molecule has 2 nitrogen and oxygen atoms in total. The van der Waals surface area contributed by atoms with Crippen molar-refractivity contribution in [3.8, 4) is 12.3 Å². The molecular weight excluding hydrogens is 196 g/mol. The van der Waals surface area contributed by atoms with Gasteiger partial charge in [0.05, 0.1) is 0 Å². The van der Waals surface area contributed by atoms with Gasteiger partial charge in [-0.2, -0.15) is 0 Å². The highest BCUT2D eigenvalue weighted by molar-refractivity contribution is 4.85. The first kappa shape index (κ1) is 12.0. The van der Waals surface area contributed by atoms with Gasteiger partial charge in [0.2, 0.25) is 0 Å². The van der Waals surface area contributed by atoms with E-state index in [1.807, 2.05) is 0 Å². The Morgan fingerprint density at radius 3 is 2.56 bits per heavy atom. The number of terminal acetylenes is 1.